The van der Waals surface area contributed by atoms with Crippen LogP contribution in [-0.4, -0.2) is 85.6 Å². The molecular formula is C33H44N8O4. The molecule has 1 aliphatic rings. The molecule has 45 heavy (non-hydrogen) atoms. The topological polar surface area (TPSA) is 125 Å². The van der Waals surface area contributed by atoms with Crippen LogP contribution in [0.2, 0.25) is 0 Å². The second-order valence-corrected chi connectivity index (χ2v) is 11.6. The quantitative estimate of drug-likeness (QED) is 0.209. The van der Waals surface area contributed by atoms with Gasteiger partial charge in [-0.05, 0) is 59.1 Å². The Morgan fingerprint density at radius 2 is 1.98 bits per heavy atom. The van der Waals surface area contributed by atoms with Crippen LogP contribution in [0.5, 0.6) is 5.75 Å². The van der Waals surface area contributed by atoms with Crippen molar-refractivity contribution in [2.75, 3.05) is 68.2 Å². The second kappa shape index (κ2) is 13.5. The van der Waals surface area contributed by atoms with Crippen molar-refractivity contribution in [3.8, 4) is 5.75 Å². The van der Waals surface area contributed by atoms with E-state index in [1.807, 2.05) is 25.9 Å². The number of nitrogens with one attached hydrogen (secondary N) is 2. The molecule has 2 aromatic heterocycles. The Labute approximate surface area is 272 Å². The van der Waals surface area contributed by atoms with Gasteiger partial charge in [0.1, 0.15) is 11.3 Å². The Kier molecular flexibility index (Phi) is 8.01. The predicted molar refractivity (Wildman–Crippen MR) is 179 cm³/mol. The first-order valence-electron chi connectivity index (χ1n) is 16.9. The number of pyridine rings is 1. The first-order chi connectivity index (χ1) is 23.2. The summed E-state index contributed by atoms with van der Waals surface area (Å²) in [5, 5.41) is 5.74. The zero-order valence-corrected chi connectivity index (χ0v) is 27.0. The molecule has 12 nitrogen and oxygen atoms in total. The normalized spacial score (nSPS) is 16.5. The van der Waals surface area contributed by atoms with Crippen molar-refractivity contribution < 1.29 is 25.9 Å². The molecule has 3 aromatic rings. The van der Waals surface area contributed by atoms with Crippen LogP contribution in [0.25, 0.3) is 0 Å². The minimum atomic E-state index is -2.58. The number of aromatic nitrogens is 3. The van der Waals surface area contributed by atoms with Crippen LogP contribution in [0.15, 0.2) is 43.1 Å². The van der Waals surface area contributed by atoms with Crippen molar-refractivity contribution in [3.05, 3.63) is 60.1 Å². The Morgan fingerprint density at radius 1 is 1.22 bits per heavy atom. The van der Waals surface area contributed by atoms with Gasteiger partial charge in [-0.25, -0.2) is 9.78 Å². The molecule has 1 aliphatic heterocycles. The number of hydrogen-bond acceptors (Lipinski definition) is 11. The number of amides is 1. The lowest BCUT2D eigenvalue weighted by Crippen LogP contribution is -2.29. The van der Waals surface area contributed by atoms with Crippen LogP contribution in [0.1, 0.15) is 56.3 Å². The Morgan fingerprint density at radius 3 is 2.62 bits per heavy atom. The van der Waals surface area contributed by atoms with Gasteiger partial charge in [0, 0.05) is 54.0 Å². The molecule has 1 amide bonds. The van der Waals surface area contributed by atoms with Crippen molar-refractivity contribution in [2.45, 2.75) is 46.1 Å². The van der Waals surface area contributed by atoms with Gasteiger partial charge in [-0.2, -0.15) is 4.98 Å². The largest absolute Gasteiger partial charge is 0.494 e. The average molecular weight is 622 g/mol. The molecule has 0 unspecified atom stereocenters. The molecule has 0 saturated carbocycles. The van der Waals surface area contributed by atoms with Crippen molar-refractivity contribution in [1.29, 1.82) is 0 Å². The highest BCUT2D eigenvalue weighted by Gasteiger charge is 2.39. The van der Waals surface area contributed by atoms with Crippen molar-refractivity contribution in [1.82, 2.24) is 19.9 Å². The minimum Gasteiger partial charge on any atom is -0.494 e. The first kappa shape index (κ1) is 26.7. The molecule has 0 radical (unpaired) electrons. The number of hydrogen-bond donors (Lipinski definition) is 2. The van der Waals surface area contributed by atoms with Gasteiger partial charge in [-0.3, -0.25) is 9.78 Å². The van der Waals surface area contributed by atoms with Gasteiger partial charge in [-0.15, -0.1) is 0 Å². The summed E-state index contributed by atoms with van der Waals surface area (Å²) in [5.74, 6) is -1.26. The Balaban J connectivity index is 1.91. The smallest absolute Gasteiger partial charge is 0.343 e. The summed E-state index contributed by atoms with van der Waals surface area (Å²) in [6.07, 6.45) is 1.83. The molecule has 3 heterocycles. The van der Waals surface area contributed by atoms with Crippen LogP contribution in [0.4, 0.5) is 34.5 Å². The minimum absolute atomic E-state index is 0.0597. The molecule has 0 atom stereocenters. The number of carbonyl (C=O) groups excluding carboxylic acids is 2. The predicted octanol–water partition coefficient (Wildman–Crippen LogP) is 5.05. The zero-order chi connectivity index (χ0) is 37.3. The van der Waals surface area contributed by atoms with E-state index in [1.165, 1.54) is 35.2 Å². The van der Waals surface area contributed by atoms with Gasteiger partial charge in [0.05, 0.1) is 44.4 Å². The van der Waals surface area contributed by atoms with E-state index in [0.29, 0.717) is 23.6 Å². The van der Waals surface area contributed by atoms with Crippen LogP contribution >= 0.6 is 0 Å². The summed E-state index contributed by atoms with van der Waals surface area (Å²) < 4.78 is 54.4. The van der Waals surface area contributed by atoms with E-state index in [-0.39, 0.29) is 46.7 Å². The number of carbonyl (C=O) groups is 2. The number of ether oxygens (including phenoxy) is 2. The van der Waals surface area contributed by atoms with Gasteiger partial charge in [-0.1, -0.05) is 20.4 Å². The molecule has 0 spiro atoms. The molecule has 0 bridgehead atoms. The van der Waals surface area contributed by atoms with Crippen LogP contribution in [0.3, 0.4) is 0 Å². The number of likely N-dealkylation sites (N-methyl/N-ethyl adjacent to an activating group) is 2. The summed E-state index contributed by atoms with van der Waals surface area (Å²) in [7, 11) is 5.03. The molecule has 0 fully saturated rings. The lowest BCUT2D eigenvalue weighted by atomic mass is 9.91. The summed E-state index contributed by atoms with van der Waals surface area (Å²) in [6.45, 7) is 8.00. The highest BCUT2D eigenvalue weighted by Crippen LogP contribution is 2.44. The van der Waals surface area contributed by atoms with Gasteiger partial charge >= 0.3 is 5.97 Å². The monoisotopic (exact) mass is 621 g/mol. The fraction of sp³-hybridized carbons (Fsp3) is 0.424. The number of rotatable bonds is 12. The van der Waals surface area contributed by atoms with Crippen LogP contribution in [0, 0.1) is 6.92 Å². The molecule has 1 aromatic carbocycles. The Hall–Kier alpha value is -4.71. The van der Waals surface area contributed by atoms with E-state index in [4.69, 9.17) is 13.6 Å². The Bertz CT molecular complexity index is 1780. The number of fused-ring (bicyclic) bond motifs is 1. The summed E-state index contributed by atoms with van der Waals surface area (Å²) in [4.78, 5) is 43.9. The van der Waals surface area contributed by atoms with Crippen molar-refractivity contribution >= 4 is 46.4 Å². The van der Waals surface area contributed by atoms with Crippen LogP contribution < -0.4 is 25.2 Å². The van der Waals surface area contributed by atoms with Gasteiger partial charge < -0.3 is 34.8 Å². The van der Waals surface area contributed by atoms with E-state index in [0.717, 1.165) is 6.08 Å². The first-order valence-corrected chi connectivity index (χ1v) is 14.4. The van der Waals surface area contributed by atoms with E-state index in [2.05, 4.69) is 32.2 Å². The third-order valence-corrected chi connectivity index (χ3v) is 6.85. The van der Waals surface area contributed by atoms with Crippen molar-refractivity contribution in [2.24, 2.45) is 0 Å². The third-order valence-electron chi connectivity index (χ3n) is 6.85. The van der Waals surface area contributed by atoms with Crippen molar-refractivity contribution in [3.63, 3.8) is 0 Å². The maximum atomic E-state index is 13.4. The number of aryl methyl sites for hydroxylation is 1. The van der Waals surface area contributed by atoms with E-state index in [9.17, 15) is 12.3 Å². The number of benzene rings is 1. The van der Waals surface area contributed by atoms with E-state index < -0.39 is 36.9 Å². The second-order valence-electron chi connectivity index (χ2n) is 11.6. The number of anilines is 6. The van der Waals surface area contributed by atoms with Gasteiger partial charge in [0.2, 0.25) is 11.9 Å². The number of methoxy groups -OCH3 is 1. The standard InChI is InChI=1S/C33H44N8O4/c1-11-28(42)36-23-16-24(27(44-10)17-26(23)40(9)15-14-39(7)8)37-32-34-18-22(31(43)45-20(2)3)30(38-32)41-19-33(5,6)29-25(41)13-12-21(4)35-29/h11-13,16-18,20H,1,14-15,19H2,2-10H3,(H,36,42)(H,34,37,38)/i9D3,19D2. The fourth-order valence-corrected chi connectivity index (χ4v) is 4.66. The SMILES string of the molecule is [2H]C([2H])([2H])N(CCN(C)C)c1cc(OC)c(Nc2ncc(C(=O)OC(C)C)c(N3c4ccc(C)nc4C(C)(C)C3([2H])[2H])n2)cc1NC(=O)C=C. The molecule has 4 rings (SSSR count). The lowest BCUT2D eigenvalue weighted by molar-refractivity contribution is -0.111. The fourth-order valence-electron chi connectivity index (χ4n) is 4.66. The molecule has 2 N–H and O–H groups in total. The molecule has 0 aliphatic carbocycles. The highest BCUT2D eigenvalue weighted by molar-refractivity contribution is 6.02. The summed E-state index contributed by atoms with van der Waals surface area (Å²) >= 11 is 0. The average Bonchev–Trinajstić information content (AvgIpc) is 3.16. The lowest BCUT2D eigenvalue weighted by Gasteiger charge is -2.26. The van der Waals surface area contributed by atoms with Crippen LogP contribution in [-0.2, 0) is 14.9 Å². The maximum absolute atomic E-state index is 13.4. The third kappa shape index (κ3) is 7.51. The molecule has 12 heteroatoms. The highest BCUT2D eigenvalue weighted by atomic mass is 16.5. The molecule has 240 valence electrons. The molecule has 0 saturated heterocycles. The van der Waals surface area contributed by atoms with Gasteiger partial charge in [0.25, 0.3) is 0 Å². The van der Waals surface area contributed by atoms with E-state index in [1.54, 1.807) is 39.8 Å². The van der Waals surface area contributed by atoms with Gasteiger partial charge in [0.15, 0.2) is 5.82 Å². The number of esters is 1. The zero-order valence-electron chi connectivity index (χ0n) is 32.0. The summed E-state index contributed by atoms with van der Waals surface area (Å²) in [6, 6.07) is 6.45. The van der Waals surface area contributed by atoms with E-state index >= 15 is 0 Å². The molecular weight excluding hydrogens is 572 g/mol. The number of nitrogens with zero attached hydrogens (tertiary/aromatic N) is 6. The summed E-state index contributed by atoms with van der Waals surface area (Å²) in [5.41, 5.74) is 0.965. The maximum Gasteiger partial charge on any atom is 0.343 e.